The lowest BCUT2D eigenvalue weighted by Crippen LogP contribution is -2.46. The Bertz CT molecular complexity index is 561. The minimum atomic E-state index is -0.327. The Kier molecular flexibility index (Phi) is 4.42. The Morgan fingerprint density at radius 3 is 2.29 bits per heavy atom. The van der Waals surface area contributed by atoms with E-state index in [9.17, 15) is 4.79 Å². The van der Waals surface area contributed by atoms with Crippen LogP contribution in [-0.4, -0.2) is 29.3 Å². The number of carbonyl (C=O) groups is 1. The maximum absolute atomic E-state index is 12.7. The van der Waals surface area contributed by atoms with Crippen LogP contribution in [0.15, 0.2) is 33.9 Å². The highest BCUT2D eigenvalue weighted by Gasteiger charge is 2.48. The van der Waals surface area contributed by atoms with Gasteiger partial charge in [-0.1, -0.05) is 40.1 Å². The molecule has 5 heteroatoms. The maximum Gasteiger partial charge on any atom is 0.232 e. The number of halogens is 1. The van der Waals surface area contributed by atoms with Crippen LogP contribution in [0.5, 0.6) is 0 Å². The highest BCUT2D eigenvalue weighted by Crippen LogP contribution is 2.39. The molecule has 0 radical (unpaired) electrons. The first-order chi connectivity index (χ1) is 9.77. The Hall–Kier alpha value is -1.36. The van der Waals surface area contributed by atoms with Gasteiger partial charge in [-0.25, -0.2) is 0 Å². The van der Waals surface area contributed by atoms with Crippen LogP contribution in [0.2, 0.25) is 0 Å². The summed E-state index contributed by atoms with van der Waals surface area (Å²) < 4.78 is 1.01. The van der Waals surface area contributed by atoms with Crippen molar-refractivity contribution in [2.24, 2.45) is 11.1 Å². The molecule has 0 aliphatic carbocycles. The molecule has 1 saturated heterocycles. The van der Waals surface area contributed by atoms with E-state index in [2.05, 4.69) is 21.1 Å². The molecule has 1 aliphatic rings. The molecule has 1 heterocycles. The molecule has 2 rings (SSSR count). The van der Waals surface area contributed by atoms with E-state index < -0.39 is 0 Å². The van der Waals surface area contributed by atoms with Crippen LogP contribution >= 0.6 is 15.9 Å². The van der Waals surface area contributed by atoms with Crippen molar-refractivity contribution in [1.29, 1.82) is 0 Å². The van der Waals surface area contributed by atoms with Gasteiger partial charge in [-0.05, 0) is 38.5 Å². The Morgan fingerprint density at radius 1 is 1.24 bits per heavy atom. The lowest BCUT2D eigenvalue weighted by atomic mass is 9.89. The molecule has 1 aliphatic heterocycles. The summed E-state index contributed by atoms with van der Waals surface area (Å²) in [4.78, 5) is 19.4. The minimum Gasteiger partial charge on any atom is -0.398 e. The summed E-state index contributed by atoms with van der Waals surface area (Å²) in [6, 6.07) is 8.01. The number of rotatable bonds is 2. The van der Waals surface area contributed by atoms with E-state index in [1.165, 1.54) is 7.11 Å². The number of amides is 1. The predicted octanol–water partition coefficient (Wildman–Crippen LogP) is 3.77. The van der Waals surface area contributed by atoms with Gasteiger partial charge in [-0.2, -0.15) is 0 Å². The number of hydrogen-bond donors (Lipinski definition) is 0. The van der Waals surface area contributed by atoms with Crippen LogP contribution in [0.3, 0.4) is 0 Å². The first kappa shape index (κ1) is 16.0. The normalized spacial score (nSPS) is 24.8. The number of hydrogen-bond acceptors (Lipinski definition) is 3. The van der Waals surface area contributed by atoms with Crippen LogP contribution in [0.4, 0.5) is 0 Å². The molecule has 2 unspecified atom stereocenters. The summed E-state index contributed by atoms with van der Waals surface area (Å²) >= 11 is 3.44. The van der Waals surface area contributed by atoms with Gasteiger partial charge in [0.15, 0.2) is 5.84 Å². The molecular weight excluding hydrogens is 332 g/mol. The smallest absolute Gasteiger partial charge is 0.232 e. The van der Waals surface area contributed by atoms with Crippen LogP contribution in [0.25, 0.3) is 0 Å². The van der Waals surface area contributed by atoms with Crippen molar-refractivity contribution in [3.63, 3.8) is 0 Å². The third-order valence-corrected chi connectivity index (χ3v) is 4.23. The monoisotopic (exact) mass is 352 g/mol. The minimum absolute atomic E-state index is 0.0789. The fourth-order valence-corrected chi connectivity index (χ4v) is 3.06. The first-order valence-electron chi connectivity index (χ1n) is 6.98. The maximum atomic E-state index is 12.7. The van der Waals surface area contributed by atoms with E-state index in [4.69, 9.17) is 4.84 Å². The van der Waals surface area contributed by atoms with Gasteiger partial charge in [-0.15, -0.1) is 0 Å². The second-order valence-corrected chi connectivity index (χ2v) is 7.21. The van der Waals surface area contributed by atoms with Crippen molar-refractivity contribution in [3.05, 3.63) is 34.3 Å². The third kappa shape index (κ3) is 2.98. The average Bonchev–Trinajstić information content (AvgIpc) is 2.63. The average molecular weight is 353 g/mol. The number of nitrogens with zero attached hydrogens (tertiary/aromatic N) is 2. The zero-order valence-corrected chi connectivity index (χ0v) is 14.6. The summed E-state index contributed by atoms with van der Waals surface area (Å²) in [5.41, 5.74) is 0.744. The fraction of sp³-hybridized carbons (Fsp3) is 0.500. The van der Waals surface area contributed by atoms with Gasteiger partial charge in [0.2, 0.25) is 5.91 Å². The summed E-state index contributed by atoms with van der Waals surface area (Å²) in [6.45, 7) is 7.97. The van der Waals surface area contributed by atoms with Crippen molar-refractivity contribution in [2.75, 3.05) is 7.11 Å². The molecule has 0 saturated carbocycles. The molecule has 4 nitrogen and oxygen atoms in total. The molecule has 1 fully saturated rings. The highest BCUT2D eigenvalue weighted by molar-refractivity contribution is 9.10. The molecule has 21 heavy (non-hydrogen) atoms. The second kappa shape index (κ2) is 5.79. The van der Waals surface area contributed by atoms with Crippen molar-refractivity contribution >= 4 is 27.7 Å². The molecule has 0 aromatic heterocycles. The number of likely N-dealkylation sites (tertiary alicyclic amines) is 1. The molecule has 0 spiro atoms. The van der Waals surface area contributed by atoms with Gasteiger partial charge < -0.3 is 4.84 Å². The SMILES string of the molecule is CON=C1C(c2ccc(Br)cc2)C(C)C(=O)N1C(C)(C)C. The van der Waals surface area contributed by atoms with E-state index >= 15 is 0 Å². The lowest BCUT2D eigenvalue weighted by molar-refractivity contribution is -0.132. The largest absolute Gasteiger partial charge is 0.398 e. The van der Waals surface area contributed by atoms with Crippen molar-refractivity contribution < 1.29 is 9.63 Å². The third-order valence-electron chi connectivity index (χ3n) is 3.70. The highest BCUT2D eigenvalue weighted by atomic mass is 79.9. The van der Waals surface area contributed by atoms with Crippen molar-refractivity contribution in [2.45, 2.75) is 39.2 Å². The zero-order valence-electron chi connectivity index (χ0n) is 13.1. The number of amidine groups is 1. The van der Waals surface area contributed by atoms with Gasteiger partial charge >= 0.3 is 0 Å². The van der Waals surface area contributed by atoms with Crippen LogP contribution in [-0.2, 0) is 9.63 Å². The zero-order chi connectivity index (χ0) is 15.8. The summed E-state index contributed by atoms with van der Waals surface area (Å²) in [5.74, 6) is 0.542. The topological polar surface area (TPSA) is 41.9 Å². The van der Waals surface area contributed by atoms with Gasteiger partial charge in [0, 0.05) is 15.9 Å². The lowest BCUT2D eigenvalue weighted by Gasteiger charge is -2.32. The number of carbonyl (C=O) groups excluding carboxylic acids is 1. The van der Waals surface area contributed by atoms with E-state index in [1.807, 2.05) is 52.0 Å². The molecule has 114 valence electrons. The van der Waals surface area contributed by atoms with E-state index in [1.54, 1.807) is 4.90 Å². The molecule has 1 aromatic rings. The molecular formula is C16H21BrN2O2. The van der Waals surface area contributed by atoms with E-state index in [0.717, 1.165) is 10.0 Å². The standard InChI is InChI=1S/C16H21BrN2O2/c1-10-13(11-6-8-12(17)9-7-11)14(18-21-5)19(15(10)20)16(2,3)4/h6-10,13H,1-5H3. The number of oxime groups is 1. The van der Waals surface area contributed by atoms with Gasteiger partial charge in [0.25, 0.3) is 0 Å². The van der Waals surface area contributed by atoms with Gasteiger partial charge in [0.05, 0.1) is 5.92 Å². The Balaban J connectivity index is 2.51. The van der Waals surface area contributed by atoms with Crippen LogP contribution < -0.4 is 0 Å². The van der Waals surface area contributed by atoms with E-state index in [0.29, 0.717) is 5.84 Å². The van der Waals surface area contributed by atoms with Crippen molar-refractivity contribution in [3.8, 4) is 0 Å². The summed E-state index contributed by atoms with van der Waals surface area (Å²) in [5, 5.41) is 4.16. The molecule has 2 atom stereocenters. The second-order valence-electron chi connectivity index (χ2n) is 6.29. The molecule has 0 N–H and O–H groups in total. The Morgan fingerprint density at radius 2 is 1.81 bits per heavy atom. The van der Waals surface area contributed by atoms with Gasteiger partial charge in [0.1, 0.15) is 7.11 Å². The van der Waals surface area contributed by atoms with Crippen molar-refractivity contribution in [1.82, 2.24) is 4.90 Å². The molecule has 1 amide bonds. The Labute approximate surface area is 134 Å². The quantitative estimate of drug-likeness (QED) is 0.760. The number of benzene rings is 1. The van der Waals surface area contributed by atoms with E-state index in [-0.39, 0.29) is 23.3 Å². The predicted molar refractivity (Wildman–Crippen MR) is 87.1 cm³/mol. The summed E-state index contributed by atoms with van der Waals surface area (Å²) in [7, 11) is 1.51. The first-order valence-corrected chi connectivity index (χ1v) is 7.77. The summed E-state index contributed by atoms with van der Waals surface area (Å²) in [6.07, 6.45) is 0. The van der Waals surface area contributed by atoms with Crippen LogP contribution in [0, 0.1) is 5.92 Å². The molecule has 0 bridgehead atoms. The fourth-order valence-electron chi connectivity index (χ4n) is 2.80. The van der Waals surface area contributed by atoms with Crippen LogP contribution in [0.1, 0.15) is 39.2 Å². The van der Waals surface area contributed by atoms with Gasteiger partial charge in [-0.3, -0.25) is 9.69 Å². The molecule has 1 aromatic carbocycles.